The Morgan fingerprint density at radius 2 is 1.90 bits per heavy atom. The standard InChI is InChI=1S/C8H16N2.C8H8O3/c1-3-4-5-10-7-6-9(2)8-10;9-5-6-1-3-7(4-2-6)8(10)11/h6-7H,3-5,8H2,1-2H3;1-4,9H,5H2,(H,10,11). The van der Waals surface area contributed by atoms with Gasteiger partial charge < -0.3 is 20.0 Å². The lowest BCUT2D eigenvalue weighted by atomic mass is 10.1. The van der Waals surface area contributed by atoms with E-state index in [4.69, 9.17) is 10.2 Å². The Kier molecular flexibility index (Phi) is 7.32. The van der Waals surface area contributed by atoms with Crippen molar-refractivity contribution in [3.8, 4) is 0 Å². The number of hydrogen-bond acceptors (Lipinski definition) is 4. The van der Waals surface area contributed by atoms with Crippen molar-refractivity contribution in [2.45, 2.75) is 26.4 Å². The maximum absolute atomic E-state index is 10.3. The van der Waals surface area contributed by atoms with Crippen molar-refractivity contribution in [1.29, 1.82) is 0 Å². The average Bonchev–Trinajstić information content (AvgIpc) is 2.91. The topological polar surface area (TPSA) is 64.0 Å². The summed E-state index contributed by atoms with van der Waals surface area (Å²) >= 11 is 0. The molecule has 2 rings (SSSR count). The van der Waals surface area contributed by atoms with E-state index in [1.165, 1.54) is 31.5 Å². The molecule has 5 nitrogen and oxygen atoms in total. The predicted molar refractivity (Wildman–Crippen MR) is 82.7 cm³/mol. The van der Waals surface area contributed by atoms with Gasteiger partial charge in [0.05, 0.1) is 18.8 Å². The van der Waals surface area contributed by atoms with Crippen LogP contribution in [0.4, 0.5) is 0 Å². The van der Waals surface area contributed by atoms with Gasteiger partial charge in [0.2, 0.25) is 0 Å². The first-order valence-corrected chi connectivity index (χ1v) is 7.12. The maximum atomic E-state index is 10.3. The van der Waals surface area contributed by atoms with Gasteiger partial charge in [-0.1, -0.05) is 25.5 Å². The maximum Gasteiger partial charge on any atom is 0.335 e. The summed E-state index contributed by atoms with van der Waals surface area (Å²) in [6.07, 6.45) is 6.87. The highest BCUT2D eigenvalue weighted by Gasteiger charge is 2.05. The van der Waals surface area contributed by atoms with Crippen LogP contribution in [-0.2, 0) is 6.61 Å². The number of carboxylic acids is 1. The second kappa shape index (κ2) is 9.02. The van der Waals surface area contributed by atoms with Crippen molar-refractivity contribution in [3.63, 3.8) is 0 Å². The Labute approximate surface area is 126 Å². The quantitative estimate of drug-likeness (QED) is 0.872. The van der Waals surface area contributed by atoms with Gasteiger partial charge in [-0.25, -0.2) is 4.79 Å². The van der Waals surface area contributed by atoms with Crippen LogP contribution in [0.5, 0.6) is 0 Å². The van der Waals surface area contributed by atoms with Crippen LogP contribution in [0.1, 0.15) is 35.7 Å². The highest BCUT2D eigenvalue weighted by molar-refractivity contribution is 5.87. The zero-order valence-corrected chi connectivity index (χ0v) is 12.7. The summed E-state index contributed by atoms with van der Waals surface area (Å²) in [5, 5.41) is 17.1. The van der Waals surface area contributed by atoms with Gasteiger partial charge in [0.15, 0.2) is 0 Å². The fourth-order valence-electron chi connectivity index (χ4n) is 1.85. The molecule has 1 heterocycles. The van der Waals surface area contributed by atoms with E-state index >= 15 is 0 Å². The number of carboxylic acid groups (broad SMARTS) is 1. The van der Waals surface area contributed by atoms with Gasteiger partial charge in [-0.2, -0.15) is 0 Å². The molecule has 5 heteroatoms. The molecular weight excluding hydrogens is 268 g/mol. The van der Waals surface area contributed by atoms with Crippen LogP contribution in [0.15, 0.2) is 36.7 Å². The van der Waals surface area contributed by atoms with Gasteiger partial charge in [-0.3, -0.25) is 0 Å². The molecule has 0 amide bonds. The van der Waals surface area contributed by atoms with E-state index in [9.17, 15) is 4.79 Å². The van der Waals surface area contributed by atoms with E-state index in [1.54, 1.807) is 12.1 Å². The molecule has 116 valence electrons. The van der Waals surface area contributed by atoms with Crippen LogP contribution < -0.4 is 0 Å². The molecule has 0 unspecified atom stereocenters. The first-order valence-electron chi connectivity index (χ1n) is 7.12. The smallest absolute Gasteiger partial charge is 0.335 e. The third kappa shape index (κ3) is 6.31. The van der Waals surface area contributed by atoms with Crippen molar-refractivity contribution in [2.75, 3.05) is 20.3 Å². The minimum atomic E-state index is -0.950. The second-order valence-electron chi connectivity index (χ2n) is 5.02. The van der Waals surface area contributed by atoms with Gasteiger partial charge >= 0.3 is 5.97 Å². The Morgan fingerprint density at radius 3 is 2.33 bits per heavy atom. The zero-order chi connectivity index (χ0) is 15.7. The molecule has 21 heavy (non-hydrogen) atoms. The summed E-state index contributed by atoms with van der Waals surface area (Å²) in [7, 11) is 2.10. The third-order valence-corrected chi connectivity index (χ3v) is 3.12. The first kappa shape index (κ1) is 17.0. The Bertz CT molecular complexity index is 457. The predicted octanol–water partition coefficient (Wildman–Crippen LogP) is 2.34. The van der Waals surface area contributed by atoms with E-state index < -0.39 is 5.97 Å². The molecule has 0 atom stereocenters. The van der Waals surface area contributed by atoms with E-state index in [-0.39, 0.29) is 12.2 Å². The number of nitrogens with zero attached hydrogens (tertiary/aromatic N) is 2. The third-order valence-electron chi connectivity index (χ3n) is 3.12. The van der Waals surface area contributed by atoms with Crippen LogP contribution in [0.2, 0.25) is 0 Å². The fourth-order valence-corrected chi connectivity index (χ4v) is 1.85. The first-order chi connectivity index (χ1) is 10.1. The van der Waals surface area contributed by atoms with Crippen molar-refractivity contribution >= 4 is 5.97 Å². The highest BCUT2D eigenvalue weighted by atomic mass is 16.4. The van der Waals surface area contributed by atoms with Gasteiger partial charge in [0, 0.05) is 26.0 Å². The Morgan fingerprint density at radius 1 is 1.24 bits per heavy atom. The number of aromatic carboxylic acids is 1. The second-order valence-corrected chi connectivity index (χ2v) is 5.02. The molecule has 0 saturated heterocycles. The van der Waals surface area contributed by atoms with Crippen molar-refractivity contribution < 1.29 is 15.0 Å². The molecular formula is C16H24N2O3. The van der Waals surface area contributed by atoms with Crippen LogP contribution in [0.25, 0.3) is 0 Å². The molecule has 0 saturated carbocycles. The number of carbonyl (C=O) groups is 1. The lowest BCUT2D eigenvalue weighted by Gasteiger charge is -2.17. The van der Waals surface area contributed by atoms with Crippen LogP contribution in [0, 0.1) is 0 Å². The Hall–Kier alpha value is -2.01. The van der Waals surface area contributed by atoms with E-state index in [0.29, 0.717) is 0 Å². The number of hydrogen-bond donors (Lipinski definition) is 2. The van der Waals surface area contributed by atoms with E-state index in [0.717, 1.165) is 12.2 Å². The molecule has 1 aromatic carbocycles. The molecule has 1 aromatic rings. The number of aliphatic hydroxyl groups excluding tert-OH is 1. The normalized spacial score (nSPS) is 13.1. The van der Waals surface area contributed by atoms with Crippen LogP contribution >= 0.6 is 0 Å². The van der Waals surface area contributed by atoms with E-state index in [2.05, 4.69) is 36.2 Å². The summed E-state index contributed by atoms with van der Waals surface area (Å²) < 4.78 is 0. The Balaban J connectivity index is 0.000000211. The lowest BCUT2D eigenvalue weighted by Crippen LogP contribution is -2.23. The van der Waals surface area contributed by atoms with Crippen LogP contribution in [0.3, 0.4) is 0 Å². The summed E-state index contributed by atoms with van der Waals surface area (Å²) in [5.41, 5.74) is 0.956. The van der Waals surface area contributed by atoms with Crippen molar-refractivity contribution in [1.82, 2.24) is 9.80 Å². The van der Waals surface area contributed by atoms with Gasteiger partial charge in [0.1, 0.15) is 0 Å². The largest absolute Gasteiger partial charge is 0.478 e. The summed E-state index contributed by atoms with van der Waals surface area (Å²) in [5.74, 6) is -0.950. The SMILES string of the molecule is CCCCN1C=CN(C)C1.O=C(O)c1ccc(CO)cc1. The number of unbranched alkanes of at least 4 members (excludes halogenated alkanes) is 1. The number of benzene rings is 1. The minimum absolute atomic E-state index is 0.0557. The van der Waals surface area contributed by atoms with Crippen molar-refractivity contribution in [3.05, 3.63) is 47.8 Å². The molecule has 0 spiro atoms. The van der Waals surface area contributed by atoms with Crippen LogP contribution in [-0.4, -0.2) is 46.2 Å². The summed E-state index contributed by atoms with van der Waals surface area (Å²) in [6, 6.07) is 6.11. The number of aliphatic hydroxyl groups is 1. The summed E-state index contributed by atoms with van der Waals surface area (Å²) in [4.78, 5) is 14.9. The molecule has 0 aliphatic carbocycles. The molecule has 1 aliphatic rings. The van der Waals surface area contributed by atoms with Gasteiger partial charge in [0.25, 0.3) is 0 Å². The van der Waals surface area contributed by atoms with E-state index in [1.807, 2.05) is 0 Å². The molecule has 1 aliphatic heterocycles. The van der Waals surface area contributed by atoms with Gasteiger partial charge in [-0.15, -0.1) is 0 Å². The highest BCUT2D eigenvalue weighted by Crippen LogP contribution is 2.04. The summed E-state index contributed by atoms with van der Waals surface area (Å²) in [6.45, 7) is 4.45. The number of rotatable bonds is 5. The lowest BCUT2D eigenvalue weighted by molar-refractivity contribution is 0.0697. The molecule has 0 fully saturated rings. The fraction of sp³-hybridized carbons (Fsp3) is 0.438. The average molecular weight is 292 g/mol. The zero-order valence-electron chi connectivity index (χ0n) is 12.7. The molecule has 0 radical (unpaired) electrons. The van der Waals surface area contributed by atoms with Gasteiger partial charge in [-0.05, 0) is 24.1 Å². The molecule has 0 bridgehead atoms. The molecule has 0 aromatic heterocycles. The monoisotopic (exact) mass is 292 g/mol. The minimum Gasteiger partial charge on any atom is -0.478 e. The molecule has 2 N–H and O–H groups in total. The van der Waals surface area contributed by atoms with Crippen molar-refractivity contribution in [2.24, 2.45) is 0 Å².